The summed E-state index contributed by atoms with van der Waals surface area (Å²) in [6.45, 7) is 7.54. The summed E-state index contributed by atoms with van der Waals surface area (Å²) in [5.41, 5.74) is 2.89. The molecule has 0 aliphatic carbocycles. The number of fused-ring (bicyclic) bond motifs is 1. The van der Waals surface area contributed by atoms with E-state index in [-0.39, 0.29) is 0 Å². The number of benzene rings is 1. The lowest BCUT2D eigenvalue weighted by molar-refractivity contribution is 0.266. The van der Waals surface area contributed by atoms with Crippen LogP contribution in [0.2, 0.25) is 0 Å². The Balaban J connectivity index is 1.86. The Morgan fingerprint density at radius 1 is 1.35 bits per heavy atom. The van der Waals surface area contributed by atoms with Crippen LogP contribution in [0.5, 0.6) is 5.75 Å². The van der Waals surface area contributed by atoms with Crippen molar-refractivity contribution >= 4 is 0 Å². The molecule has 1 unspecified atom stereocenters. The minimum absolute atomic E-state index is 0.625. The first-order valence-corrected chi connectivity index (χ1v) is 7.89. The van der Waals surface area contributed by atoms with E-state index < -0.39 is 0 Å². The van der Waals surface area contributed by atoms with Gasteiger partial charge >= 0.3 is 0 Å². The zero-order valence-electron chi connectivity index (χ0n) is 12.8. The molecule has 2 heteroatoms. The van der Waals surface area contributed by atoms with Crippen LogP contribution in [-0.2, 0) is 0 Å². The van der Waals surface area contributed by atoms with Gasteiger partial charge in [-0.15, -0.1) is 0 Å². The fourth-order valence-electron chi connectivity index (χ4n) is 2.82. The molecule has 0 spiro atoms. The van der Waals surface area contributed by atoms with Crippen LogP contribution >= 0.6 is 0 Å². The Labute approximate surface area is 123 Å². The van der Waals surface area contributed by atoms with Gasteiger partial charge in [-0.25, -0.2) is 0 Å². The summed E-state index contributed by atoms with van der Waals surface area (Å²) in [5, 5.41) is 3.45. The number of hydrogen-bond donors (Lipinski definition) is 1. The zero-order valence-corrected chi connectivity index (χ0v) is 12.8. The van der Waals surface area contributed by atoms with Gasteiger partial charge in [0.15, 0.2) is 0 Å². The van der Waals surface area contributed by atoms with Crippen molar-refractivity contribution in [2.45, 2.75) is 45.4 Å². The molecule has 0 fully saturated rings. The molecule has 1 N–H and O–H groups in total. The first kappa shape index (κ1) is 15.1. The third-order valence-electron chi connectivity index (χ3n) is 3.89. The van der Waals surface area contributed by atoms with Crippen LogP contribution in [0.3, 0.4) is 0 Å². The second-order valence-corrected chi connectivity index (χ2v) is 5.67. The van der Waals surface area contributed by atoms with Crippen LogP contribution < -0.4 is 10.1 Å². The summed E-state index contributed by atoms with van der Waals surface area (Å²) in [5.74, 6) is 1.71. The Bertz CT molecular complexity index is 439. The summed E-state index contributed by atoms with van der Waals surface area (Å²) < 4.78 is 5.73. The highest BCUT2D eigenvalue weighted by molar-refractivity contribution is 5.38. The van der Waals surface area contributed by atoms with Gasteiger partial charge in [-0.3, -0.25) is 0 Å². The van der Waals surface area contributed by atoms with Gasteiger partial charge in [0, 0.05) is 0 Å². The molecule has 1 aromatic carbocycles. The third kappa shape index (κ3) is 4.38. The molecule has 2 rings (SSSR count). The number of rotatable bonds is 7. The van der Waals surface area contributed by atoms with Gasteiger partial charge in [0.25, 0.3) is 0 Å². The van der Waals surface area contributed by atoms with Crippen LogP contribution in [0.25, 0.3) is 0 Å². The molecular weight excluding hydrogens is 246 g/mol. The molecule has 1 atom stereocenters. The quantitative estimate of drug-likeness (QED) is 0.591. The van der Waals surface area contributed by atoms with E-state index in [4.69, 9.17) is 4.74 Å². The van der Waals surface area contributed by atoms with E-state index in [1.807, 2.05) is 0 Å². The van der Waals surface area contributed by atoms with Crippen molar-refractivity contribution in [3.63, 3.8) is 0 Å². The molecule has 0 bridgehead atoms. The number of allylic oxidation sites excluding steroid dienone is 1. The molecule has 1 aliphatic heterocycles. The van der Waals surface area contributed by atoms with E-state index >= 15 is 0 Å². The van der Waals surface area contributed by atoms with Crippen LogP contribution in [0, 0.1) is 0 Å². The predicted molar refractivity (Wildman–Crippen MR) is 85.4 cm³/mol. The molecule has 20 heavy (non-hydrogen) atoms. The molecule has 1 aromatic rings. The van der Waals surface area contributed by atoms with Crippen molar-refractivity contribution in [2.75, 3.05) is 19.7 Å². The highest BCUT2D eigenvalue weighted by atomic mass is 16.5. The summed E-state index contributed by atoms with van der Waals surface area (Å²) in [6.07, 6.45) is 7.03. The average Bonchev–Trinajstić information content (AvgIpc) is 2.47. The van der Waals surface area contributed by atoms with Gasteiger partial charge in [-0.1, -0.05) is 36.8 Å². The van der Waals surface area contributed by atoms with Crippen molar-refractivity contribution < 1.29 is 4.74 Å². The molecule has 0 saturated heterocycles. The molecule has 0 saturated carbocycles. The Morgan fingerprint density at radius 3 is 3.05 bits per heavy atom. The molecule has 1 aliphatic rings. The van der Waals surface area contributed by atoms with E-state index in [1.54, 1.807) is 0 Å². The lowest BCUT2D eigenvalue weighted by Crippen LogP contribution is -2.15. The maximum atomic E-state index is 5.73. The van der Waals surface area contributed by atoms with Gasteiger partial charge in [0.2, 0.25) is 0 Å². The topological polar surface area (TPSA) is 21.3 Å². The largest absolute Gasteiger partial charge is 0.493 e. The first-order chi connectivity index (χ1) is 9.81. The molecule has 1 heterocycles. The maximum Gasteiger partial charge on any atom is 0.122 e. The summed E-state index contributed by atoms with van der Waals surface area (Å²) >= 11 is 0. The second-order valence-electron chi connectivity index (χ2n) is 5.67. The SMILES string of the molecule is CCCNCC/C=C(/C)CC1CCOc2ccccc21. The second kappa shape index (κ2) is 8.11. The van der Waals surface area contributed by atoms with Crippen molar-refractivity contribution in [2.24, 2.45) is 0 Å². The molecule has 110 valence electrons. The highest BCUT2D eigenvalue weighted by Crippen LogP contribution is 2.36. The predicted octanol–water partition coefficient (Wildman–Crippen LogP) is 4.28. The van der Waals surface area contributed by atoms with Crippen molar-refractivity contribution in [3.05, 3.63) is 41.5 Å². The van der Waals surface area contributed by atoms with Gasteiger partial charge in [0.05, 0.1) is 6.61 Å². The van der Waals surface area contributed by atoms with E-state index in [1.165, 1.54) is 17.6 Å². The van der Waals surface area contributed by atoms with Crippen LogP contribution in [0.1, 0.15) is 51.0 Å². The Morgan fingerprint density at radius 2 is 2.20 bits per heavy atom. The lowest BCUT2D eigenvalue weighted by atomic mass is 9.87. The van der Waals surface area contributed by atoms with E-state index in [9.17, 15) is 0 Å². The van der Waals surface area contributed by atoms with E-state index in [0.29, 0.717) is 5.92 Å². The summed E-state index contributed by atoms with van der Waals surface area (Å²) in [7, 11) is 0. The van der Waals surface area contributed by atoms with Gasteiger partial charge in [0.1, 0.15) is 5.75 Å². The van der Waals surface area contributed by atoms with Crippen LogP contribution in [0.4, 0.5) is 0 Å². The Hall–Kier alpha value is -1.28. The minimum Gasteiger partial charge on any atom is -0.493 e. The van der Waals surface area contributed by atoms with E-state index in [2.05, 4.69) is 49.5 Å². The first-order valence-electron chi connectivity index (χ1n) is 7.89. The van der Waals surface area contributed by atoms with Gasteiger partial charge in [-0.2, -0.15) is 0 Å². The van der Waals surface area contributed by atoms with E-state index in [0.717, 1.165) is 44.7 Å². The van der Waals surface area contributed by atoms with Crippen LogP contribution in [0.15, 0.2) is 35.9 Å². The number of nitrogens with one attached hydrogen (secondary N) is 1. The summed E-state index contributed by atoms with van der Waals surface area (Å²) in [4.78, 5) is 0. The third-order valence-corrected chi connectivity index (χ3v) is 3.89. The number of hydrogen-bond acceptors (Lipinski definition) is 2. The summed E-state index contributed by atoms with van der Waals surface area (Å²) in [6, 6.07) is 8.49. The zero-order chi connectivity index (χ0) is 14.2. The van der Waals surface area contributed by atoms with Gasteiger partial charge in [-0.05, 0) is 63.2 Å². The normalized spacial score (nSPS) is 18.5. The average molecular weight is 273 g/mol. The smallest absolute Gasteiger partial charge is 0.122 e. The van der Waals surface area contributed by atoms with Crippen LogP contribution in [-0.4, -0.2) is 19.7 Å². The molecule has 2 nitrogen and oxygen atoms in total. The lowest BCUT2D eigenvalue weighted by Gasteiger charge is -2.26. The number of ether oxygens (including phenoxy) is 1. The Kier molecular flexibility index (Phi) is 6.13. The van der Waals surface area contributed by atoms with Crippen molar-refractivity contribution in [3.8, 4) is 5.75 Å². The van der Waals surface area contributed by atoms with Crippen molar-refractivity contribution in [1.82, 2.24) is 5.32 Å². The fourth-order valence-corrected chi connectivity index (χ4v) is 2.82. The standard InChI is InChI=1S/C18H27NO/c1-3-11-19-12-6-7-15(2)14-16-10-13-20-18-9-5-4-8-17(16)18/h4-5,7-9,16,19H,3,6,10-14H2,1-2H3/b15-7-. The van der Waals surface area contributed by atoms with Crippen molar-refractivity contribution in [1.29, 1.82) is 0 Å². The highest BCUT2D eigenvalue weighted by Gasteiger charge is 2.20. The molecule has 0 amide bonds. The minimum atomic E-state index is 0.625. The maximum absolute atomic E-state index is 5.73. The van der Waals surface area contributed by atoms with Gasteiger partial charge < -0.3 is 10.1 Å². The fraction of sp³-hybridized carbons (Fsp3) is 0.556. The molecule has 0 radical (unpaired) electrons. The molecular formula is C18H27NO. The monoisotopic (exact) mass is 273 g/mol. The molecule has 0 aromatic heterocycles. The number of para-hydroxylation sites is 1.